The summed E-state index contributed by atoms with van der Waals surface area (Å²) in [6.07, 6.45) is 5.81. The molecule has 7 nitrogen and oxygen atoms in total. The van der Waals surface area contributed by atoms with Crippen LogP contribution in [0.3, 0.4) is 0 Å². The third kappa shape index (κ3) is 7.33. The van der Waals surface area contributed by atoms with E-state index in [0.717, 1.165) is 42.6 Å². The summed E-state index contributed by atoms with van der Waals surface area (Å²) in [5, 5.41) is 15.9. The molecule has 9 heteroatoms. The van der Waals surface area contributed by atoms with Crippen LogP contribution in [0.25, 0.3) is 0 Å². The number of pyridine rings is 1. The number of rotatable bonds is 10. The number of anilines is 1. The van der Waals surface area contributed by atoms with Crippen molar-refractivity contribution in [1.82, 2.24) is 10.3 Å². The fraction of sp³-hybridized carbons (Fsp3) is 0.310. The second kappa shape index (κ2) is 12.9. The van der Waals surface area contributed by atoms with Gasteiger partial charge in [0.05, 0.1) is 15.6 Å². The third-order valence-electron chi connectivity index (χ3n) is 6.78. The monoisotopic (exact) mass is 553 g/mol. The summed E-state index contributed by atoms with van der Waals surface area (Å²) in [5.41, 5.74) is 1.63. The second-order valence-corrected chi connectivity index (χ2v) is 10.4. The Morgan fingerprint density at radius 2 is 1.66 bits per heavy atom. The highest BCUT2D eigenvalue weighted by molar-refractivity contribution is 6.39. The molecular weight excluding hydrogens is 525 g/mol. The van der Waals surface area contributed by atoms with Crippen molar-refractivity contribution < 1.29 is 19.5 Å². The summed E-state index contributed by atoms with van der Waals surface area (Å²) in [6, 6.07) is 16.7. The first-order valence-corrected chi connectivity index (χ1v) is 13.3. The topological polar surface area (TPSA) is 108 Å². The lowest BCUT2D eigenvalue weighted by Crippen LogP contribution is -2.42. The van der Waals surface area contributed by atoms with Gasteiger partial charge in [-0.1, -0.05) is 66.0 Å². The van der Waals surface area contributed by atoms with Gasteiger partial charge in [-0.3, -0.25) is 9.59 Å². The number of halogens is 2. The summed E-state index contributed by atoms with van der Waals surface area (Å²) < 4.78 is 0. The van der Waals surface area contributed by atoms with Crippen molar-refractivity contribution in [3.63, 3.8) is 0 Å². The van der Waals surface area contributed by atoms with Crippen LogP contribution in [0.15, 0.2) is 66.9 Å². The Bertz CT molecular complexity index is 1260. The van der Waals surface area contributed by atoms with E-state index in [-0.39, 0.29) is 39.8 Å². The molecule has 1 aliphatic carbocycles. The molecule has 1 amide bonds. The van der Waals surface area contributed by atoms with E-state index in [1.54, 1.807) is 24.4 Å². The molecule has 2 aromatic carbocycles. The molecule has 0 bridgehead atoms. The highest BCUT2D eigenvalue weighted by Crippen LogP contribution is 2.28. The zero-order valence-electron chi connectivity index (χ0n) is 20.7. The van der Waals surface area contributed by atoms with Gasteiger partial charge in [-0.25, -0.2) is 9.78 Å². The average molecular weight is 554 g/mol. The Morgan fingerprint density at radius 3 is 2.32 bits per heavy atom. The van der Waals surface area contributed by atoms with Gasteiger partial charge in [0.2, 0.25) is 0 Å². The van der Waals surface area contributed by atoms with E-state index in [1.807, 2.05) is 30.3 Å². The van der Waals surface area contributed by atoms with E-state index >= 15 is 0 Å². The second-order valence-electron chi connectivity index (χ2n) is 9.54. The van der Waals surface area contributed by atoms with E-state index in [2.05, 4.69) is 15.6 Å². The molecule has 4 rings (SSSR count). The molecule has 1 aliphatic rings. The number of Topliss-reactive ketones (excluding diaryl/α,β-unsaturated/α-hetero) is 1. The van der Waals surface area contributed by atoms with E-state index in [9.17, 15) is 19.5 Å². The lowest BCUT2D eigenvalue weighted by atomic mass is 9.81. The van der Waals surface area contributed by atoms with Crippen LogP contribution in [-0.2, 0) is 22.4 Å². The summed E-state index contributed by atoms with van der Waals surface area (Å²) in [6.45, 7) is 0. The number of aromatic nitrogens is 1. The van der Waals surface area contributed by atoms with E-state index in [0.29, 0.717) is 6.42 Å². The predicted molar refractivity (Wildman–Crippen MR) is 148 cm³/mol. The summed E-state index contributed by atoms with van der Waals surface area (Å²) in [5.74, 6) is -0.803. The van der Waals surface area contributed by atoms with Crippen LogP contribution in [0.5, 0.6) is 0 Å². The molecular formula is C29H29Cl2N3O4. The molecule has 38 heavy (non-hydrogen) atoms. The number of aliphatic carboxylic acids is 1. The molecule has 0 spiro atoms. The van der Waals surface area contributed by atoms with Gasteiger partial charge in [0.1, 0.15) is 17.6 Å². The minimum Gasteiger partial charge on any atom is -0.480 e. The largest absolute Gasteiger partial charge is 0.480 e. The number of hydrogen-bond acceptors (Lipinski definition) is 5. The number of hydrogen-bond donors (Lipinski definition) is 3. The summed E-state index contributed by atoms with van der Waals surface area (Å²) >= 11 is 12.2. The minimum absolute atomic E-state index is 0.00660. The maximum absolute atomic E-state index is 13.0. The fourth-order valence-electron chi connectivity index (χ4n) is 4.79. The van der Waals surface area contributed by atoms with Crippen molar-refractivity contribution in [2.45, 2.75) is 50.6 Å². The number of nitrogens with one attached hydrogen (secondary N) is 2. The highest BCUT2D eigenvalue weighted by atomic mass is 35.5. The Labute approximate surface area is 231 Å². The maximum atomic E-state index is 13.0. The third-order valence-corrected chi connectivity index (χ3v) is 7.41. The van der Waals surface area contributed by atoms with Crippen molar-refractivity contribution in [3.8, 4) is 0 Å². The van der Waals surface area contributed by atoms with E-state index in [4.69, 9.17) is 23.2 Å². The molecule has 0 saturated heterocycles. The quantitative estimate of drug-likeness (QED) is 0.301. The lowest BCUT2D eigenvalue weighted by Gasteiger charge is -2.29. The molecule has 198 valence electrons. The van der Waals surface area contributed by atoms with Crippen LogP contribution in [0.2, 0.25) is 10.0 Å². The zero-order valence-corrected chi connectivity index (χ0v) is 22.2. The highest BCUT2D eigenvalue weighted by Gasteiger charge is 2.28. The van der Waals surface area contributed by atoms with Gasteiger partial charge in [0.25, 0.3) is 5.91 Å². The van der Waals surface area contributed by atoms with Crippen LogP contribution < -0.4 is 10.6 Å². The minimum atomic E-state index is -1.17. The zero-order chi connectivity index (χ0) is 27.1. The summed E-state index contributed by atoms with van der Waals surface area (Å²) in [7, 11) is 0. The van der Waals surface area contributed by atoms with Crippen LogP contribution >= 0.6 is 23.2 Å². The Kier molecular flexibility index (Phi) is 9.37. The number of carbonyl (C=O) groups excluding carboxylic acids is 2. The predicted octanol–water partition coefficient (Wildman–Crippen LogP) is 5.60. The van der Waals surface area contributed by atoms with Crippen LogP contribution in [-0.4, -0.2) is 39.8 Å². The van der Waals surface area contributed by atoms with Gasteiger partial charge in [-0.15, -0.1) is 0 Å². The Hall–Kier alpha value is -3.42. The first kappa shape index (κ1) is 27.6. The number of carboxylic acid groups (broad SMARTS) is 1. The van der Waals surface area contributed by atoms with Crippen molar-refractivity contribution in [3.05, 3.63) is 93.6 Å². The molecule has 3 N–H and O–H groups in total. The number of carboxylic acids is 1. The van der Waals surface area contributed by atoms with E-state index in [1.165, 1.54) is 12.1 Å². The van der Waals surface area contributed by atoms with Crippen molar-refractivity contribution >= 4 is 46.7 Å². The molecule has 3 atom stereocenters. The van der Waals surface area contributed by atoms with Gasteiger partial charge in [-0.05, 0) is 54.7 Å². The maximum Gasteiger partial charge on any atom is 0.326 e. The number of benzene rings is 2. The van der Waals surface area contributed by atoms with Gasteiger partial charge in [-0.2, -0.15) is 0 Å². The molecule has 1 heterocycles. The van der Waals surface area contributed by atoms with Gasteiger partial charge >= 0.3 is 5.97 Å². The number of nitrogens with zero attached hydrogens (tertiary/aromatic N) is 1. The van der Waals surface area contributed by atoms with Gasteiger partial charge < -0.3 is 15.7 Å². The smallest absolute Gasteiger partial charge is 0.326 e. The molecule has 1 fully saturated rings. The SMILES string of the molecule is O=C(N[C@@H](Cc1ccc(CC(=O)[C@@H]2CCC[C@H](Nc3ccccn3)C2)cc1)C(=O)O)c1c(Cl)cccc1Cl. The molecule has 0 aliphatic heterocycles. The number of ketones is 1. The normalized spacial score (nSPS) is 17.8. The van der Waals surface area contributed by atoms with E-state index < -0.39 is 17.9 Å². The molecule has 0 radical (unpaired) electrons. The summed E-state index contributed by atoms with van der Waals surface area (Å²) in [4.78, 5) is 41.8. The standard InChI is InChI=1S/C29H29Cl2N3O4/c30-22-7-4-8-23(31)27(22)28(36)34-24(29(37)38)15-18-10-12-19(13-11-18)16-25(35)20-5-3-6-21(17-20)33-26-9-1-2-14-32-26/h1-2,4,7-14,20-21,24H,3,5-6,15-17H2,(H,32,33)(H,34,36)(H,37,38)/t20-,21+,24+/m1/s1. The van der Waals surface area contributed by atoms with Crippen molar-refractivity contribution in [2.75, 3.05) is 5.32 Å². The average Bonchev–Trinajstić information content (AvgIpc) is 2.90. The van der Waals surface area contributed by atoms with Crippen molar-refractivity contribution in [1.29, 1.82) is 0 Å². The first-order chi connectivity index (χ1) is 18.3. The molecule has 1 aromatic heterocycles. The van der Waals surface area contributed by atoms with Crippen LogP contribution in [0, 0.1) is 5.92 Å². The Morgan fingerprint density at radius 1 is 0.947 bits per heavy atom. The Balaban J connectivity index is 1.33. The lowest BCUT2D eigenvalue weighted by molar-refractivity contribution is -0.139. The van der Waals surface area contributed by atoms with Crippen LogP contribution in [0.1, 0.15) is 47.2 Å². The first-order valence-electron chi connectivity index (χ1n) is 12.6. The fourth-order valence-corrected chi connectivity index (χ4v) is 5.36. The van der Waals surface area contributed by atoms with Gasteiger partial charge in [0.15, 0.2) is 0 Å². The molecule has 1 saturated carbocycles. The molecule has 3 aromatic rings. The van der Waals surface area contributed by atoms with Crippen LogP contribution in [0.4, 0.5) is 5.82 Å². The number of carbonyl (C=O) groups is 3. The number of amides is 1. The van der Waals surface area contributed by atoms with Crippen molar-refractivity contribution in [2.24, 2.45) is 5.92 Å². The van der Waals surface area contributed by atoms with Gasteiger partial charge in [0, 0.05) is 31.0 Å². The molecule has 0 unspecified atom stereocenters.